The highest BCUT2D eigenvalue weighted by atomic mass is 32.2. The van der Waals surface area contributed by atoms with Crippen LogP contribution in [0.15, 0.2) is 29.4 Å². The summed E-state index contributed by atoms with van der Waals surface area (Å²) in [5, 5.41) is 13.0. The summed E-state index contributed by atoms with van der Waals surface area (Å²) in [6.45, 7) is 3.28. The van der Waals surface area contributed by atoms with E-state index in [2.05, 4.69) is 5.16 Å². The smallest absolute Gasteiger partial charge is 0.327 e. The Labute approximate surface area is 160 Å². The van der Waals surface area contributed by atoms with Gasteiger partial charge in [-0.25, -0.2) is 8.42 Å². The first-order valence-electron chi connectivity index (χ1n) is 9.01. The predicted molar refractivity (Wildman–Crippen MR) is 102 cm³/mol. The van der Waals surface area contributed by atoms with Crippen molar-refractivity contribution in [2.75, 3.05) is 19.5 Å². The number of carbonyl (C=O) groups excluding carboxylic acids is 1. The summed E-state index contributed by atoms with van der Waals surface area (Å²) in [6, 6.07) is 7.80. The Morgan fingerprint density at radius 2 is 2.04 bits per heavy atom. The predicted octanol–water partition coefficient (Wildman–Crippen LogP) is 1.86. The Balaban J connectivity index is 2.06. The molecule has 1 aliphatic rings. The minimum absolute atomic E-state index is 0.0216. The highest BCUT2D eigenvalue weighted by molar-refractivity contribution is 7.92. The van der Waals surface area contributed by atoms with Crippen molar-refractivity contribution in [2.24, 2.45) is 5.16 Å². The zero-order valence-corrected chi connectivity index (χ0v) is 16.8. The molecular formula is C19H27NO6S. The van der Waals surface area contributed by atoms with Crippen LogP contribution < -0.4 is 0 Å². The number of aryl methyl sites for hydroxylation is 1. The van der Waals surface area contributed by atoms with Gasteiger partial charge in [-0.2, -0.15) is 0 Å². The minimum atomic E-state index is -3.70. The van der Waals surface area contributed by atoms with Gasteiger partial charge in [-0.1, -0.05) is 29.4 Å². The topological polar surface area (TPSA) is 102 Å². The van der Waals surface area contributed by atoms with E-state index in [0.29, 0.717) is 18.6 Å². The number of aliphatic hydroxyl groups is 1. The molecule has 1 aliphatic heterocycles. The fourth-order valence-electron chi connectivity index (χ4n) is 2.96. The van der Waals surface area contributed by atoms with Crippen LogP contribution >= 0.6 is 0 Å². The van der Waals surface area contributed by atoms with Crippen molar-refractivity contribution in [1.82, 2.24) is 0 Å². The van der Waals surface area contributed by atoms with Crippen molar-refractivity contribution in [1.29, 1.82) is 0 Å². The summed E-state index contributed by atoms with van der Waals surface area (Å²) in [4.78, 5) is 17.7. The molecular weight excluding hydrogens is 370 g/mol. The van der Waals surface area contributed by atoms with E-state index < -0.39 is 26.7 Å². The standard InChI is InChI=1S/C19H27NO6S/c1-4-25-18(22)19(2,27(3,23)24)13-16-12-17(20-26-16)15-9-7-14(8-10-15)6-5-11-21/h7-10,16,21H,4-6,11-13H2,1-3H3/t16-,19-/m1/s1. The van der Waals surface area contributed by atoms with E-state index in [1.165, 1.54) is 6.92 Å². The van der Waals surface area contributed by atoms with Crippen molar-refractivity contribution in [2.45, 2.75) is 50.4 Å². The average molecular weight is 397 g/mol. The second-order valence-electron chi connectivity index (χ2n) is 6.92. The number of hydrogen-bond acceptors (Lipinski definition) is 7. The number of carbonyl (C=O) groups is 1. The lowest BCUT2D eigenvalue weighted by Crippen LogP contribution is -2.47. The van der Waals surface area contributed by atoms with Gasteiger partial charge in [0.25, 0.3) is 0 Å². The SMILES string of the molecule is CCOC(=O)[C@@](C)(C[C@H]1CC(c2ccc(CCCO)cc2)=NO1)S(C)(=O)=O. The van der Waals surface area contributed by atoms with Crippen LogP contribution in [0.1, 0.15) is 44.2 Å². The minimum Gasteiger partial charge on any atom is -0.465 e. The van der Waals surface area contributed by atoms with Crippen LogP contribution in [0.2, 0.25) is 0 Å². The lowest BCUT2D eigenvalue weighted by atomic mass is 9.96. The van der Waals surface area contributed by atoms with Crippen LogP contribution in [0, 0.1) is 0 Å². The maximum Gasteiger partial charge on any atom is 0.327 e. The van der Waals surface area contributed by atoms with Crippen LogP contribution in [0.3, 0.4) is 0 Å². The molecule has 150 valence electrons. The number of aliphatic hydroxyl groups excluding tert-OH is 1. The largest absolute Gasteiger partial charge is 0.465 e. The Hall–Kier alpha value is -1.93. The number of benzene rings is 1. The number of sulfone groups is 1. The van der Waals surface area contributed by atoms with Crippen molar-refractivity contribution in [3.63, 3.8) is 0 Å². The Morgan fingerprint density at radius 3 is 2.59 bits per heavy atom. The van der Waals surface area contributed by atoms with Crippen LogP contribution in [-0.2, 0) is 30.6 Å². The molecule has 27 heavy (non-hydrogen) atoms. The van der Waals surface area contributed by atoms with Gasteiger partial charge in [-0.15, -0.1) is 0 Å². The quantitative estimate of drug-likeness (QED) is 0.638. The first kappa shape index (κ1) is 21.4. The summed E-state index contributed by atoms with van der Waals surface area (Å²) >= 11 is 0. The van der Waals surface area contributed by atoms with E-state index in [0.717, 1.165) is 23.8 Å². The van der Waals surface area contributed by atoms with Crippen LogP contribution in [0.4, 0.5) is 0 Å². The van der Waals surface area contributed by atoms with E-state index in [1.54, 1.807) is 6.92 Å². The van der Waals surface area contributed by atoms with E-state index in [9.17, 15) is 13.2 Å². The molecule has 0 bridgehead atoms. The van der Waals surface area contributed by atoms with Gasteiger partial charge < -0.3 is 14.7 Å². The summed E-state index contributed by atoms with van der Waals surface area (Å²) < 4.78 is 27.7. The molecule has 7 nitrogen and oxygen atoms in total. The number of ether oxygens (including phenoxy) is 1. The molecule has 1 aromatic carbocycles. The maximum atomic E-state index is 12.3. The van der Waals surface area contributed by atoms with Crippen molar-refractivity contribution < 1.29 is 27.9 Å². The van der Waals surface area contributed by atoms with Crippen molar-refractivity contribution in [3.8, 4) is 0 Å². The summed E-state index contributed by atoms with van der Waals surface area (Å²) in [6.07, 6.45) is 2.43. The summed E-state index contributed by atoms with van der Waals surface area (Å²) in [5.74, 6) is -0.766. The molecule has 2 atom stereocenters. The zero-order valence-electron chi connectivity index (χ0n) is 16.0. The first-order valence-corrected chi connectivity index (χ1v) is 10.9. The van der Waals surface area contributed by atoms with Gasteiger partial charge in [0.05, 0.1) is 12.3 Å². The molecule has 1 N–H and O–H groups in total. The molecule has 0 radical (unpaired) electrons. The number of esters is 1. The highest BCUT2D eigenvalue weighted by Gasteiger charge is 2.48. The fraction of sp³-hybridized carbons (Fsp3) is 0.579. The van der Waals surface area contributed by atoms with Gasteiger partial charge in [0, 0.05) is 25.7 Å². The van der Waals surface area contributed by atoms with Crippen LogP contribution in [-0.4, -0.2) is 55.5 Å². The molecule has 0 fully saturated rings. The van der Waals surface area contributed by atoms with Crippen molar-refractivity contribution in [3.05, 3.63) is 35.4 Å². The molecule has 0 aliphatic carbocycles. The van der Waals surface area contributed by atoms with E-state index >= 15 is 0 Å². The monoisotopic (exact) mass is 397 g/mol. The Kier molecular flexibility index (Phi) is 7.00. The van der Waals surface area contributed by atoms with Gasteiger partial charge in [0.1, 0.15) is 6.10 Å². The lowest BCUT2D eigenvalue weighted by molar-refractivity contribution is -0.146. The van der Waals surface area contributed by atoms with Gasteiger partial charge in [-0.3, -0.25) is 4.79 Å². The molecule has 0 spiro atoms. The van der Waals surface area contributed by atoms with Crippen LogP contribution in [0.25, 0.3) is 0 Å². The van der Waals surface area contributed by atoms with E-state index in [4.69, 9.17) is 14.7 Å². The first-order chi connectivity index (χ1) is 12.7. The second-order valence-corrected chi connectivity index (χ2v) is 9.37. The van der Waals surface area contributed by atoms with Crippen molar-refractivity contribution >= 4 is 21.5 Å². The molecule has 8 heteroatoms. The van der Waals surface area contributed by atoms with Gasteiger partial charge >= 0.3 is 5.97 Å². The normalized spacial score (nSPS) is 19.1. The number of rotatable bonds is 9. The molecule has 0 saturated heterocycles. The second kappa shape index (κ2) is 8.84. The molecule has 0 unspecified atom stereocenters. The molecule has 0 aromatic heterocycles. The van der Waals surface area contributed by atoms with E-state index in [-0.39, 0.29) is 19.6 Å². The number of hydrogen-bond donors (Lipinski definition) is 1. The molecule has 2 rings (SSSR count). The third-order valence-electron chi connectivity index (χ3n) is 4.79. The Bertz CT molecular complexity index is 787. The van der Waals surface area contributed by atoms with Gasteiger partial charge in [-0.05, 0) is 37.8 Å². The fourth-order valence-corrected chi connectivity index (χ4v) is 3.81. The molecule has 1 heterocycles. The summed E-state index contributed by atoms with van der Waals surface area (Å²) in [7, 11) is -3.70. The third kappa shape index (κ3) is 5.07. The maximum absolute atomic E-state index is 12.3. The zero-order chi connectivity index (χ0) is 20.1. The lowest BCUT2D eigenvalue weighted by Gasteiger charge is -2.27. The summed E-state index contributed by atoms with van der Waals surface area (Å²) in [5.41, 5.74) is 2.73. The highest BCUT2D eigenvalue weighted by Crippen LogP contribution is 2.30. The average Bonchev–Trinajstić information content (AvgIpc) is 3.08. The number of nitrogens with zero attached hydrogens (tertiary/aromatic N) is 1. The molecule has 0 amide bonds. The van der Waals surface area contributed by atoms with E-state index in [1.807, 2.05) is 24.3 Å². The van der Waals surface area contributed by atoms with Gasteiger partial charge in [0.2, 0.25) is 0 Å². The molecule has 0 saturated carbocycles. The van der Waals surface area contributed by atoms with Crippen LogP contribution in [0.5, 0.6) is 0 Å². The number of oxime groups is 1. The van der Waals surface area contributed by atoms with Gasteiger partial charge in [0.15, 0.2) is 14.6 Å². The third-order valence-corrected chi connectivity index (χ3v) is 6.76. The Morgan fingerprint density at radius 1 is 1.37 bits per heavy atom. The molecule has 1 aromatic rings.